The van der Waals surface area contributed by atoms with E-state index in [-0.39, 0.29) is 22.5 Å². The van der Waals surface area contributed by atoms with Gasteiger partial charge in [-0.1, -0.05) is 39.3 Å². The molecule has 3 rings (SSSR count). The highest BCUT2D eigenvalue weighted by Gasteiger charge is 2.77. The smallest absolute Gasteiger partial charge is 0.192 e. The Balaban J connectivity index is 1.79. The minimum Gasteiger partial charge on any atom is -0.501 e. The lowest BCUT2D eigenvalue weighted by Crippen LogP contribution is -2.59. The third kappa shape index (κ3) is 4.37. The van der Waals surface area contributed by atoms with Gasteiger partial charge in [0.1, 0.15) is 5.76 Å². The van der Waals surface area contributed by atoms with Crippen LogP contribution in [0.4, 0.5) is 0 Å². The van der Waals surface area contributed by atoms with E-state index < -0.39 is 14.1 Å². The number of methoxy groups -OCH3 is 2. The van der Waals surface area contributed by atoms with E-state index in [9.17, 15) is 0 Å². The first-order valence-electron chi connectivity index (χ1n) is 13.7. The first-order chi connectivity index (χ1) is 15.9. The highest BCUT2D eigenvalue weighted by Crippen LogP contribution is 2.73. The molecule has 0 amide bonds. The Morgan fingerprint density at radius 3 is 2.35 bits per heavy atom. The third-order valence-corrected chi connectivity index (χ3v) is 14.7. The number of rotatable bonds is 13. The molecule has 0 aromatic heterocycles. The van der Waals surface area contributed by atoms with Crippen LogP contribution in [0.25, 0.3) is 0 Å². The fourth-order valence-corrected chi connectivity index (χ4v) is 10.8. The molecule has 5 heteroatoms. The minimum atomic E-state index is -1.62. The molecule has 0 unspecified atom stereocenters. The summed E-state index contributed by atoms with van der Waals surface area (Å²) in [5, 5.41) is 0. The largest absolute Gasteiger partial charge is 0.501 e. The summed E-state index contributed by atoms with van der Waals surface area (Å²) < 4.78 is 26.1. The van der Waals surface area contributed by atoms with Crippen LogP contribution in [0, 0.1) is 16.7 Å². The molecule has 2 fully saturated rings. The first-order valence-corrected chi connectivity index (χ1v) is 16.3. The van der Waals surface area contributed by atoms with Crippen LogP contribution in [0.15, 0.2) is 23.5 Å². The maximum atomic E-state index is 6.90. The molecule has 0 radical (unpaired) electrons. The van der Waals surface area contributed by atoms with Crippen molar-refractivity contribution in [3.8, 4) is 0 Å². The lowest BCUT2D eigenvalue weighted by molar-refractivity contribution is -0.261. The molecule has 0 N–H and O–H groups in total. The van der Waals surface area contributed by atoms with Gasteiger partial charge in [-0.05, 0) is 90.4 Å². The van der Waals surface area contributed by atoms with Crippen molar-refractivity contribution < 1.29 is 18.6 Å². The van der Waals surface area contributed by atoms with Gasteiger partial charge < -0.3 is 18.6 Å². The van der Waals surface area contributed by atoms with E-state index >= 15 is 0 Å². The van der Waals surface area contributed by atoms with E-state index in [4.69, 9.17) is 18.6 Å². The van der Waals surface area contributed by atoms with E-state index in [1.165, 1.54) is 23.7 Å². The zero-order valence-corrected chi connectivity index (χ0v) is 24.8. The van der Waals surface area contributed by atoms with Gasteiger partial charge in [0.05, 0.1) is 24.2 Å². The summed E-state index contributed by atoms with van der Waals surface area (Å²) in [5.74, 6) is 0.800. The molecule has 0 aromatic carbocycles. The zero-order chi connectivity index (χ0) is 25.4. The Morgan fingerprint density at radius 2 is 1.82 bits per heavy atom. The van der Waals surface area contributed by atoms with Gasteiger partial charge in [-0.2, -0.15) is 0 Å². The van der Waals surface area contributed by atoms with Crippen molar-refractivity contribution >= 4 is 8.32 Å². The van der Waals surface area contributed by atoms with E-state index in [0.717, 1.165) is 44.3 Å². The first kappa shape index (κ1) is 28.0. The van der Waals surface area contributed by atoms with Gasteiger partial charge >= 0.3 is 0 Å². The Hall–Kier alpha value is -0.623. The summed E-state index contributed by atoms with van der Waals surface area (Å²) in [6.07, 6.45) is 11.1. The summed E-state index contributed by atoms with van der Waals surface area (Å²) in [7, 11) is 2.03. The molecule has 196 valence electrons. The van der Waals surface area contributed by atoms with Crippen LogP contribution < -0.4 is 0 Å². The monoisotopic (exact) mass is 492 g/mol. The molecule has 34 heavy (non-hydrogen) atoms. The summed E-state index contributed by atoms with van der Waals surface area (Å²) >= 11 is 0. The molecule has 0 spiro atoms. The van der Waals surface area contributed by atoms with Crippen molar-refractivity contribution in [2.24, 2.45) is 16.7 Å². The SMILES string of the molecule is CC[Si](CC)(CC)OC(C)(C)CCC[C@]1(C)[C@@H]2C[C@]3(CC=C(C)C)C(OC)=CC[C@H]1[C@]3(OC)O2. The molecule has 2 saturated heterocycles. The quantitative estimate of drug-likeness (QED) is 0.193. The van der Waals surface area contributed by atoms with Gasteiger partial charge in [0, 0.05) is 18.4 Å². The van der Waals surface area contributed by atoms with Gasteiger partial charge in [0.25, 0.3) is 0 Å². The molecule has 5 atom stereocenters. The van der Waals surface area contributed by atoms with Crippen molar-refractivity contribution in [1.29, 1.82) is 0 Å². The van der Waals surface area contributed by atoms with Crippen molar-refractivity contribution in [2.75, 3.05) is 14.2 Å². The minimum absolute atomic E-state index is 0.0646. The molecule has 1 aliphatic carbocycles. The second-order valence-electron chi connectivity index (χ2n) is 12.3. The summed E-state index contributed by atoms with van der Waals surface area (Å²) in [5.41, 5.74) is 1.14. The van der Waals surface area contributed by atoms with Crippen molar-refractivity contribution in [1.82, 2.24) is 0 Å². The van der Waals surface area contributed by atoms with Crippen LogP contribution in [0.3, 0.4) is 0 Å². The molecule has 2 aliphatic heterocycles. The predicted molar refractivity (Wildman–Crippen MR) is 143 cm³/mol. The summed E-state index contributed by atoms with van der Waals surface area (Å²) in [6.45, 7) is 18.4. The molecular formula is C29H52O4Si. The van der Waals surface area contributed by atoms with Gasteiger partial charge in [-0.3, -0.25) is 0 Å². The summed E-state index contributed by atoms with van der Waals surface area (Å²) in [4.78, 5) is 0. The number of fused-ring (bicyclic) bond motifs is 1. The second-order valence-corrected chi connectivity index (χ2v) is 17.0. The topological polar surface area (TPSA) is 36.9 Å². The molecule has 2 heterocycles. The van der Waals surface area contributed by atoms with E-state index in [0.29, 0.717) is 5.92 Å². The number of allylic oxidation sites excluding steroid dienone is 3. The lowest BCUT2D eigenvalue weighted by atomic mass is 9.51. The van der Waals surface area contributed by atoms with Gasteiger partial charge in [0.2, 0.25) is 0 Å². The van der Waals surface area contributed by atoms with Crippen LogP contribution in [0.5, 0.6) is 0 Å². The number of ether oxygens (including phenoxy) is 3. The third-order valence-electron chi connectivity index (χ3n) is 9.82. The Bertz CT molecular complexity index is 773. The van der Waals surface area contributed by atoms with Crippen molar-refractivity contribution in [3.05, 3.63) is 23.5 Å². The van der Waals surface area contributed by atoms with Crippen molar-refractivity contribution in [2.45, 2.75) is 130 Å². The van der Waals surface area contributed by atoms with Crippen LogP contribution in [-0.4, -0.2) is 40.0 Å². The average molecular weight is 493 g/mol. The van der Waals surface area contributed by atoms with Crippen LogP contribution >= 0.6 is 0 Å². The molecule has 3 aliphatic rings. The van der Waals surface area contributed by atoms with Crippen LogP contribution in [-0.2, 0) is 18.6 Å². The molecule has 2 bridgehead atoms. The Kier molecular flexibility index (Phi) is 8.25. The molecular weight excluding hydrogens is 440 g/mol. The van der Waals surface area contributed by atoms with Crippen LogP contribution in [0.2, 0.25) is 18.1 Å². The van der Waals surface area contributed by atoms with Gasteiger partial charge in [-0.25, -0.2) is 0 Å². The van der Waals surface area contributed by atoms with Gasteiger partial charge in [-0.15, -0.1) is 0 Å². The predicted octanol–water partition coefficient (Wildman–Crippen LogP) is 8.00. The fourth-order valence-electron chi connectivity index (χ4n) is 7.59. The van der Waals surface area contributed by atoms with Crippen LogP contribution in [0.1, 0.15) is 93.9 Å². The normalized spacial score (nSPS) is 34.8. The number of hydrogen-bond acceptors (Lipinski definition) is 4. The highest BCUT2D eigenvalue weighted by molar-refractivity contribution is 6.73. The molecule has 0 saturated carbocycles. The lowest BCUT2D eigenvalue weighted by Gasteiger charge is -2.55. The van der Waals surface area contributed by atoms with Gasteiger partial charge in [0.15, 0.2) is 14.1 Å². The molecule has 0 aromatic rings. The second kappa shape index (κ2) is 10.0. The Morgan fingerprint density at radius 1 is 1.18 bits per heavy atom. The van der Waals surface area contributed by atoms with E-state index in [1.807, 2.05) is 7.11 Å². The number of hydrogen-bond donors (Lipinski definition) is 0. The van der Waals surface area contributed by atoms with E-state index in [1.54, 1.807) is 7.11 Å². The maximum absolute atomic E-state index is 6.90. The highest BCUT2D eigenvalue weighted by atomic mass is 28.4. The van der Waals surface area contributed by atoms with E-state index in [2.05, 4.69) is 67.5 Å². The maximum Gasteiger partial charge on any atom is 0.192 e. The molecule has 4 nitrogen and oxygen atoms in total. The zero-order valence-electron chi connectivity index (χ0n) is 23.8. The fraction of sp³-hybridized carbons (Fsp3) is 0.862. The van der Waals surface area contributed by atoms with Crippen molar-refractivity contribution in [3.63, 3.8) is 0 Å². The average Bonchev–Trinajstić information content (AvgIpc) is 3.28. The summed E-state index contributed by atoms with van der Waals surface area (Å²) in [6, 6.07) is 3.62. The standard InChI is InChI=1S/C29H52O4Si/c1-11-34(12-2,13-3)33-26(6,7)18-14-19-27(8)23-15-16-24(30-9)28(20-17-22(4)5)21-25(27)32-29(23,28)31-10/h16-17,23,25H,11-15,18-21H2,1-10H3/t23-,25+,27+,28-,29+/m1/s1. The Labute approximate surface area is 211 Å².